The minimum atomic E-state index is 0.0119. The molecule has 0 bridgehead atoms. The Balaban J connectivity index is 2.49. The van der Waals surface area contributed by atoms with Crippen molar-refractivity contribution < 1.29 is 9.21 Å². The molecular formula is C12H20N2O2. The molecule has 1 atom stereocenters. The molecule has 0 aromatic carbocycles. The number of unbranched alkanes of at least 4 members (excludes halogenated alkanes) is 1. The average Bonchev–Trinajstić information content (AvgIpc) is 2.65. The Bertz CT molecular complexity index is 334. The number of hydrogen-bond donors (Lipinski definition) is 1. The lowest BCUT2D eigenvalue weighted by molar-refractivity contribution is -0.120. The summed E-state index contributed by atoms with van der Waals surface area (Å²) in [5.74, 6) is 0.0740. The molecule has 16 heavy (non-hydrogen) atoms. The first-order valence-corrected chi connectivity index (χ1v) is 5.90. The van der Waals surface area contributed by atoms with Crippen LogP contribution in [0.25, 0.3) is 0 Å². The zero-order chi connectivity index (χ0) is 12.0. The predicted octanol–water partition coefficient (Wildman–Crippen LogP) is 3.14. The summed E-state index contributed by atoms with van der Waals surface area (Å²) in [5, 5.41) is 2.71. The van der Waals surface area contributed by atoms with Gasteiger partial charge in [0.1, 0.15) is 6.26 Å². The van der Waals surface area contributed by atoms with Crippen molar-refractivity contribution >= 4 is 11.9 Å². The Morgan fingerprint density at radius 2 is 2.31 bits per heavy atom. The molecule has 90 valence electrons. The van der Waals surface area contributed by atoms with E-state index in [0.717, 1.165) is 31.4 Å². The summed E-state index contributed by atoms with van der Waals surface area (Å²) in [7, 11) is 0. The number of nitrogens with one attached hydrogen (secondary N) is 1. The molecular weight excluding hydrogens is 204 g/mol. The summed E-state index contributed by atoms with van der Waals surface area (Å²) in [6.07, 6.45) is 5.51. The quantitative estimate of drug-likeness (QED) is 0.807. The van der Waals surface area contributed by atoms with Crippen molar-refractivity contribution in [1.82, 2.24) is 4.98 Å². The van der Waals surface area contributed by atoms with Crippen molar-refractivity contribution in [3.63, 3.8) is 0 Å². The van der Waals surface area contributed by atoms with Crippen LogP contribution in [0.3, 0.4) is 0 Å². The normalized spacial score (nSPS) is 12.4. The number of aryl methyl sites for hydroxylation is 1. The number of carbonyl (C=O) groups excluding carboxylic acids is 1. The molecule has 0 saturated heterocycles. The molecule has 1 unspecified atom stereocenters. The van der Waals surface area contributed by atoms with Gasteiger partial charge in [-0.1, -0.05) is 26.7 Å². The molecule has 1 N–H and O–H groups in total. The minimum absolute atomic E-state index is 0.0119. The molecule has 0 fully saturated rings. The van der Waals surface area contributed by atoms with Crippen LogP contribution >= 0.6 is 0 Å². The first-order valence-electron chi connectivity index (χ1n) is 5.90. The van der Waals surface area contributed by atoms with Gasteiger partial charge in [-0.25, -0.2) is 0 Å². The molecule has 0 aliphatic carbocycles. The van der Waals surface area contributed by atoms with Crippen LogP contribution in [0.1, 0.15) is 45.2 Å². The Kier molecular flexibility index (Phi) is 5.02. The zero-order valence-corrected chi connectivity index (χ0v) is 10.2. The van der Waals surface area contributed by atoms with E-state index in [1.807, 2.05) is 13.8 Å². The van der Waals surface area contributed by atoms with Crippen LogP contribution < -0.4 is 5.32 Å². The fourth-order valence-corrected chi connectivity index (χ4v) is 1.59. The molecule has 1 aromatic heterocycles. The van der Waals surface area contributed by atoms with Gasteiger partial charge in [-0.05, 0) is 19.8 Å². The molecule has 0 radical (unpaired) electrons. The van der Waals surface area contributed by atoms with E-state index in [0.29, 0.717) is 6.01 Å². The van der Waals surface area contributed by atoms with Crippen LogP contribution in [0.5, 0.6) is 0 Å². The van der Waals surface area contributed by atoms with E-state index < -0.39 is 0 Å². The third kappa shape index (κ3) is 3.68. The summed E-state index contributed by atoms with van der Waals surface area (Å²) in [6, 6.07) is 0.303. The average molecular weight is 224 g/mol. The number of nitrogens with zero attached hydrogens (tertiary/aromatic N) is 1. The second-order valence-corrected chi connectivity index (χ2v) is 4.03. The summed E-state index contributed by atoms with van der Waals surface area (Å²) < 4.78 is 5.09. The monoisotopic (exact) mass is 224 g/mol. The fraction of sp³-hybridized carbons (Fsp3) is 0.667. The largest absolute Gasteiger partial charge is 0.432 e. The number of carbonyl (C=O) groups is 1. The molecule has 0 spiro atoms. The number of rotatable bonds is 6. The van der Waals surface area contributed by atoms with Gasteiger partial charge in [-0.3, -0.25) is 10.1 Å². The SMILES string of the molecule is CCCCC(CC)C(=O)Nc1nc(C)co1. The fourth-order valence-electron chi connectivity index (χ4n) is 1.59. The molecule has 0 aliphatic rings. The maximum Gasteiger partial charge on any atom is 0.301 e. The van der Waals surface area contributed by atoms with Crippen LogP contribution in [0.2, 0.25) is 0 Å². The highest BCUT2D eigenvalue weighted by atomic mass is 16.4. The van der Waals surface area contributed by atoms with Crippen LogP contribution in [0, 0.1) is 12.8 Å². The van der Waals surface area contributed by atoms with Gasteiger partial charge in [0.15, 0.2) is 0 Å². The molecule has 4 heteroatoms. The van der Waals surface area contributed by atoms with Gasteiger partial charge in [-0.15, -0.1) is 0 Å². The zero-order valence-electron chi connectivity index (χ0n) is 10.2. The van der Waals surface area contributed by atoms with Gasteiger partial charge >= 0.3 is 6.01 Å². The molecule has 0 aliphatic heterocycles. The van der Waals surface area contributed by atoms with E-state index in [1.54, 1.807) is 0 Å². The van der Waals surface area contributed by atoms with Crippen molar-refractivity contribution in [3.8, 4) is 0 Å². The molecule has 1 aromatic rings. The number of aromatic nitrogens is 1. The van der Waals surface area contributed by atoms with Crippen molar-refractivity contribution in [2.24, 2.45) is 5.92 Å². The van der Waals surface area contributed by atoms with Crippen LogP contribution in [-0.4, -0.2) is 10.9 Å². The van der Waals surface area contributed by atoms with E-state index in [1.165, 1.54) is 6.26 Å². The van der Waals surface area contributed by atoms with Gasteiger partial charge < -0.3 is 4.42 Å². The van der Waals surface area contributed by atoms with E-state index in [4.69, 9.17) is 4.42 Å². The third-order valence-corrected chi connectivity index (χ3v) is 2.62. The first-order chi connectivity index (χ1) is 7.67. The van der Waals surface area contributed by atoms with Gasteiger partial charge in [0, 0.05) is 5.92 Å². The predicted molar refractivity (Wildman–Crippen MR) is 63.2 cm³/mol. The number of hydrogen-bond acceptors (Lipinski definition) is 3. The molecule has 1 rings (SSSR count). The maximum absolute atomic E-state index is 11.8. The van der Waals surface area contributed by atoms with E-state index in [2.05, 4.69) is 17.2 Å². The van der Waals surface area contributed by atoms with Crippen LogP contribution in [0.15, 0.2) is 10.7 Å². The minimum Gasteiger partial charge on any atom is -0.432 e. The van der Waals surface area contributed by atoms with Gasteiger partial charge in [0.25, 0.3) is 0 Å². The molecule has 0 saturated carbocycles. The van der Waals surface area contributed by atoms with Gasteiger partial charge in [0.2, 0.25) is 5.91 Å². The first kappa shape index (κ1) is 12.7. The topological polar surface area (TPSA) is 55.1 Å². The van der Waals surface area contributed by atoms with E-state index >= 15 is 0 Å². The van der Waals surface area contributed by atoms with Gasteiger partial charge in [0.05, 0.1) is 5.69 Å². The van der Waals surface area contributed by atoms with Crippen LogP contribution in [-0.2, 0) is 4.79 Å². The summed E-state index contributed by atoms with van der Waals surface area (Å²) in [4.78, 5) is 15.9. The Labute approximate surface area is 96.4 Å². The standard InChI is InChI=1S/C12H20N2O2/c1-4-6-7-10(5-2)11(15)14-12-13-9(3)8-16-12/h8,10H,4-7H2,1-3H3,(H,13,14,15). The highest BCUT2D eigenvalue weighted by molar-refractivity contribution is 5.90. The molecule has 4 nitrogen and oxygen atoms in total. The number of oxazole rings is 1. The highest BCUT2D eigenvalue weighted by Crippen LogP contribution is 2.15. The van der Waals surface area contributed by atoms with Crippen molar-refractivity contribution in [3.05, 3.63) is 12.0 Å². The summed E-state index contributed by atoms with van der Waals surface area (Å²) in [6.45, 7) is 5.98. The molecule has 1 amide bonds. The van der Waals surface area contributed by atoms with Gasteiger partial charge in [-0.2, -0.15) is 4.98 Å². The van der Waals surface area contributed by atoms with E-state index in [-0.39, 0.29) is 11.8 Å². The third-order valence-electron chi connectivity index (χ3n) is 2.62. The highest BCUT2D eigenvalue weighted by Gasteiger charge is 2.17. The lowest BCUT2D eigenvalue weighted by Gasteiger charge is -2.12. The lowest BCUT2D eigenvalue weighted by atomic mass is 9.99. The van der Waals surface area contributed by atoms with E-state index in [9.17, 15) is 4.79 Å². The second-order valence-electron chi connectivity index (χ2n) is 4.03. The smallest absolute Gasteiger partial charge is 0.301 e. The molecule has 1 heterocycles. The summed E-state index contributed by atoms with van der Waals surface area (Å²) in [5.41, 5.74) is 0.775. The van der Waals surface area contributed by atoms with Crippen LogP contribution in [0.4, 0.5) is 6.01 Å². The number of amides is 1. The Morgan fingerprint density at radius 1 is 1.56 bits per heavy atom. The summed E-state index contributed by atoms with van der Waals surface area (Å²) >= 11 is 0. The van der Waals surface area contributed by atoms with Crippen molar-refractivity contribution in [2.45, 2.75) is 46.5 Å². The second kappa shape index (κ2) is 6.30. The van der Waals surface area contributed by atoms with Crippen molar-refractivity contribution in [2.75, 3.05) is 5.32 Å². The van der Waals surface area contributed by atoms with Crippen molar-refractivity contribution in [1.29, 1.82) is 0 Å². The Morgan fingerprint density at radius 3 is 2.81 bits per heavy atom. The lowest BCUT2D eigenvalue weighted by Crippen LogP contribution is -2.22. The maximum atomic E-state index is 11.8. The Hall–Kier alpha value is -1.32. The number of anilines is 1.